The lowest BCUT2D eigenvalue weighted by Gasteiger charge is -2.38. The van der Waals surface area contributed by atoms with Gasteiger partial charge in [0.15, 0.2) is 0 Å². The second-order valence-electron chi connectivity index (χ2n) is 6.63. The maximum Gasteiger partial charge on any atom is 0.243 e. The van der Waals surface area contributed by atoms with Crippen molar-refractivity contribution in [1.29, 1.82) is 0 Å². The van der Waals surface area contributed by atoms with Crippen LogP contribution in [0.2, 0.25) is 0 Å². The Balaban J connectivity index is 3.33. The number of nitrogens with zero attached hydrogens (tertiary/aromatic N) is 1. The van der Waals surface area contributed by atoms with Crippen molar-refractivity contribution in [3.05, 3.63) is 28.7 Å². The van der Waals surface area contributed by atoms with Gasteiger partial charge in [0.05, 0.1) is 4.90 Å². The molecule has 0 radical (unpaired) electrons. The molecule has 0 bridgehead atoms. The Morgan fingerprint density at radius 1 is 1.20 bits per heavy atom. The predicted octanol–water partition coefficient (Wildman–Crippen LogP) is 2.98. The third kappa shape index (κ3) is 4.55. The number of sulfonamides is 1. The number of hydrogen-bond acceptors (Lipinski definition) is 3. The van der Waals surface area contributed by atoms with E-state index >= 15 is 0 Å². The molecule has 0 heterocycles. The quantitative estimate of drug-likeness (QED) is 0.895. The molecular formula is C14H23BrN2O2S. The molecule has 4 nitrogen and oxygen atoms in total. The average molecular weight is 363 g/mol. The Kier molecular flexibility index (Phi) is 5.07. The fraction of sp³-hybridized carbons (Fsp3) is 0.571. The molecule has 1 rings (SSSR count). The van der Waals surface area contributed by atoms with Crippen molar-refractivity contribution in [2.24, 2.45) is 5.73 Å². The van der Waals surface area contributed by atoms with Gasteiger partial charge in [0.1, 0.15) is 0 Å². The first kappa shape index (κ1) is 17.6. The molecule has 0 saturated carbocycles. The SMILES string of the molecule is CC(C)(N)CN(C(C)(C)C)S(=O)(=O)c1cccc(Br)c1. The van der Waals surface area contributed by atoms with E-state index < -0.39 is 21.1 Å². The third-order valence-electron chi connectivity index (χ3n) is 2.68. The standard InChI is InChI=1S/C14H23BrN2O2S/c1-13(2,3)17(10-14(4,5)16)20(18,19)12-8-6-7-11(15)9-12/h6-9H,10,16H2,1-5H3. The van der Waals surface area contributed by atoms with E-state index in [-0.39, 0.29) is 11.4 Å². The minimum Gasteiger partial charge on any atom is -0.324 e. The number of rotatable bonds is 4. The van der Waals surface area contributed by atoms with Crippen LogP contribution >= 0.6 is 15.9 Å². The monoisotopic (exact) mass is 362 g/mol. The molecule has 0 amide bonds. The average Bonchev–Trinajstić information content (AvgIpc) is 2.23. The molecule has 1 aromatic rings. The summed E-state index contributed by atoms with van der Waals surface area (Å²) in [5.41, 5.74) is 4.87. The van der Waals surface area contributed by atoms with Crippen molar-refractivity contribution in [2.75, 3.05) is 6.54 Å². The maximum absolute atomic E-state index is 12.9. The number of nitrogens with two attached hydrogens (primary N) is 1. The van der Waals surface area contributed by atoms with Crippen LogP contribution in [0.25, 0.3) is 0 Å². The molecule has 0 unspecified atom stereocenters. The van der Waals surface area contributed by atoms with Crippen molar-refractivity contribution in [1.82, 2.24) is 4.31 Å². The zero-order valence-corrected chi connectivity index (χ0v) is 15.0. The molecule has 0 saturated heterocycles. The first-order valence-corrected chi connectivity index (χ1v) is 8.65. The van der Waals surface area contributed by atoms with Crippen molar-refractivity contribution in [3.63, 3.8) is 0 Å². The lowest BCUT2D eigenvalue weighted by molar-refractivity contribution is 0.213. The van der Waals surface area contributed by atoms with Crippen LogP contribution in [0.15, 0.2) is 33.6 Å². The summed E-state index contributed by atoms with van der Waals surface area (Å²) in [6, 6.07) is 6.72. The third-order valence-corrected chi connectivity index (χ3v) is 5.28. The Hall–Kier alpha value is -0.430. The minimum absolute atomic E-state index is 0.255. The van der Waals surface area contributed by atoms with Gasteiger partial charge in [0.2, 0.25) is 10.0 Å². The van der Waals surface area contributed by atoms with Gasteiger partial charge in [-0.15, -0.1) is 0 Å². The highest BCUT2D eigenvalue weighted by Gasteiger charge is 2.36. The van der Waals surface area contributed by atoms with E-state index in [0.717, 1.165) is 4.47 Å². The van der Waals surface area contributed by atoms with Gasteiger partial charge in [0, 0.05) is 22.1 Å². The topological polar surface area (TPSA) is 63.4 Å². The van der Waals surface area contributed by atoms with Gasteiger partial charge in [-0.1, -0.05) is 22.0 Å². The first-order valence-electron chi connectivity index (χ1n) is 6.41. The molecular weight excluding hydrogens is 340 g/mol. The molecule has 0 fully saturated rings. The van der Waals surface area contributed by atoms with E-state index in [9.17, 15) is 8.42 Å². The van der Waals surface area contributed by atoms with E-state index in [1.165, 1.54) is 4.31 Å². The molecule has 0 aliphatic rings. The molecule has 0 spiro atoms. The summed E-state index contributed by atoms with van der Waals surface area (Å²) in [5, 5.41) is 0. The largest absolute Gasteiger partial charge is 0.324 e. The fourth-order valence-electron chi connectivity index (χ4n) is 1.81. The summed E-state index contributed by atoms with van der Waals surface area (Å²) in [5.74, 6) is 0. The zero-order chi connectivity index (χ0) is 15.8. The van der Waals surface area contributed by atoms with E-state index in [0.29, 0.717) is 0 Å². The summed E-state index contributed by atoms with van der Waals surface area (Å²) in [6.45, 7) is 9.51. The smallest absolute Gasteiger partial charge is 0.243 e. The zero-order valence-electron chi connectivity index (χ0n) is 12.6. The van der Waals surface area contributed by atoms with Crippen LogP contribution in [0.4, 0.5) is 0 Å². The summed E-state index contributed by atoms with van der Waals surface area (Å²) in [7, 11) is -3.59. The summed E-state index contributed by atoms with van der Waals surface area (Å²) >= 11 is 3.31. The van der Waals surface area contributed by atoms with Gasteiger partial charge >= 0.3 is 0 Å². The van der Waals surface area contributed by atoms with Gasteiger partial charge < -0.3 is 5.73 Å². The van der Waals surface area contributed by atoms with Gasteiger partial charge in [-0.2, -0.15) is 4.31 Å². The second-order valence-corrected chi connectivity index (χ2v) is 9.41. The first-order chi connectivity index (χ1) is 8.84. The fourth-order valence-corrected chi connectivity index (χ4v) is 4.36. The lowest BCUT2D eigenvalue weighted by Crippen LogP contribution is -2.54. The van der Waals surface area contributed by atoms with Gasteiger partial charge in [0.25, 0.3) is 0 Å². The van der Waals surface area contributed by atoms with Gasteiger partial charge in [-0.3, -0.25) is 0 Å². The molecule has 6 heteroatoms. The van der Waals surface area contributed by atoms with Crippen LogP contribution in [-0.2, 0) is 10.0 Å². The lowest BCUT2D eigenvalue weighted by atomic mass is 10.0. The van der Waals surface area contributed by atoms with Crippen LogP contribution in [0.3, 0.4) is 0 Å². The highest BCUT2D eigenvalue weighted by Crippen LogP contribution is 2.27. The molecule has 0 aliphatic carbocycles. The Bertz CT molecular complexity index is 572. The van der Waals surface area contributed by atoms with Crippen molar-refractivity contribution in [3.8, 4) is 0 Å². The van der Waals surface area contributed by atoms with Crippen LogP contribution < -0.4 is 5.73 Å². The van der Waals surface area contributed by atoms with Gasteiger partial charge in [-0.05, 0) is 52.8 Å². The van der Waals surface area contributed by atoms with E-state index in [1.54, 1.807) is 24.3 Å². The highest BCUT2D eigenvalue weighted by molar-refractivity contribution is 9.10. The molecule has 1 aromatic carbocycles. The molecule has 0 aliphatic heterocycles. The van der Waals surface area contributed by atoms with Gasteiger partial charge in [-0.25, -0.2) is 8.42 Å². The number of hydrogen-bond donors (Lipinski definition) is 1. The van der Waals surface area contributed by atoms with E-state index in [4.69, 9.17) is 5.73 Å². The second kappa shape index (κ2) is 5.75. The predicted molar refractivity (Wildman–Crippen MR) is 86.1 cm³/mol. The van der Waals surface area contributed by atoms with E-state index in [1.807, 2.05) is 34.6 Å². The Morgan fingerprint density at radius 3 is 2.15 bits per heavy atom. The highest BCUT2D eigenvalue weighted by atomic mass is 79.9. The van der Waals surface area contributed by atoms with Crippen LogP contribution in [0.5, 0.6) is 0 Å². The molecule has 0 aromatic heterocycles. The van der Waals surface area contributed by atoms with Crippen LogP contribution in [0, 0.1) is 0 Å². The number of halogens is 1. The van der Waals surface area contributed by atoms with Crippen molar-refractivity contribution in [2.45, 2.75) is 50.6 Å². The van der Waals surface area contributed by atoms with Crippen LogP contribution in [0.1, 0.15) is 34.6 Å². The number of benzene rings is 1. The molecule has 2 N–H and O–H groups in total. The Morgan fingerprint density at radius 2 is 1.75 bits per heavy atom. The normalized spacial score (nSPS) is 13.8. The molecule has 114 valence electrons. The Labute approximate surface area is 130 Å². The summed E-state index contributed by atoms with van der Waals surface area (Å²) in [4.78, 5) is 0.269. The van der Waals surface area contributed by atoms with E-state index in [2.05, 4.69) is 15.9 Å². The molecule has 0 atom stereocenters. The minimum atomic E-state index is -3.59. The van der Waals surface area contributed by atoms with Crippen molar-refractivity contribution >= 4 is 26.0 Å². The van der Waals surface area contributed by atoms with Crippen LogP contribution in [-0.4, -0.2) is 30.3 Å². The summed E-state index contributed by atoms with van der Waals surface area (Å²) in [6.07, 6.45) is 0. The van der Waals surface area contributed by atoms with Crippen molar-refractivity contribution < 1.29 is 8.42 Å². The summed E-state index contributed by atoms with van der Waals surface area (Å²) < 4.78 is 27.9. The molecule has 20 heavy (non-hydrogen) atoms. The maximum atomic E-state index is 12.9.